The summed E-state index contributed by atoms with van der Waals surface area (Å²) in [5, 5.41) is 3.31. The summed E-state index contributed by atoms with van der Waals surface area (Å²) in [6.45, 7) is 1.13. The van der Waals surface area contributed by atoms with Crippen LogP contribution in [0.3, 0.4) is 0 Å². The maximum Gasteiger partial charge on any atom is -0.00203 e. The Kier molecular flexibility index (Phi) is 7.35. The van der Waals surface area contributed by atoms with Gasteiger partial charge in [0.2, 0.25) is 0 Å². The summed E-state index contributed by atoms with van der Waals surface area (Å²) < 4.78 is 0. The fourth-order valence-electron chi connectivity index (χ4n) is 2.03. The normalized spacial score (nSPS) is 12.6. The average Bonchev–Trinajstić information content (AvgIpc) is 2.31. The van der Waals surface area contributed by atoms with Crippen molar-refractivity contribution in [2.45, 2.75) is 19.3 Å². The molecular weight excluding hydrogens is 214 g/mol. The Labute approximate surface area is 104 Å². The van der Waals surface area contributed by atoms with Crippen LogP contribution in [0.2, 0.25) is 0 Å². The van der Waals surface area contributed by atoms with Crippen LogP contribution in [0.4, 0.5) is 0 Å². The fourth-order valence-corrected chi connectivity index (χ4v) is 2.48. The maximum atomic E-state index is 3.31. The maximum absolute atomic E-state index is 3.31. The third kappa shape index (κ3) is 5.57. The summed E-state index contributed by atoms with van der Waals surface area (Å²) in [6, 6.07) is 10.8. The summed E-state index contributed by atoms with van der Waals surface area (Å²) in [4.78, 5) is 0. The fraction of sp³-hybridized carbons (Fsp3) is 0.571. The van der Waals surface area contributed by atoms with Crippen molar-refractivity contribution in [1.29, 1.82) is 0 Å². The lowest BCUT2D eigenvalue weighted by Crippen LogP contribution is -2.21. The van der Waals surface area contributed by atoms with Gasteiger partial charge in [-0.25, -0.2) is 0 Å². The Hall–Kier alpha value is -0.470. The predicted octanol–water partition coefficient (Wildman–Crippen LogP) is 3.21. The number of thioether (sulfide) groups is 1. The van der Waals surface area contributed by atoms with E-state index in [0.29, 0.717) is 0 Å². The zero-order chi connectivity index (χ0) is 11.6. The Bertz CT molecular complexity index is 261. The van der Waals surface area contributed by atoms with E-state index in [9.17, 15) is 0 Å². The molecule has 1 nitrogen and oxygen atoms in total. The third-order valence-corrected chi connectivity index (χ3v) is 3.52. The molecule has 1 atom stereocenters. The zero-order valence-corrected chi connectivity index (χ0v) is 11.2. The largest absolute Gasteiger partial charge is 0.319 e. The number of hydrogen-bond donors (Lipinski definition) is 1. The minimum atomic E-state index is 0.777. The van der Waals surface area contributed by atoms with Gasteiger partial charge in [-0.15, -0.1) is 0 Å². The van der Waals surface area contributed by atoms with E-state index in [1.165, 1.54) is 30.6 Å². The topological polar surface area (TPSA) is 12.0 Å². The average molecular weight is 237 g/mol. The molecule has 0 radical (unpaired) electrons. The number of rotatable bonds is 8. The molecule has 1 aromatic carbocycles. The van der Waals surface area contributed by atoms with Crippen molar-refractivity contribution in [3.63, 3.8) is 0 Å². The molecule has 0 aliphatic rings. The number of benzene rings is 1. The van der Waals surface area contributed by atoms with Gasteiger partial charge in [0.1, 0.15) is 0 Å². The van der Waals surface area contributed by atoms with Gasteiger partial charge in [-0.3, -0.25) is 0 Å². The monoisotopic (exact) mass is 237 g/mol. The van der Waals surface area contributed by atoms with Crippen molar-refractivity contribution in [3.8, 4) is 0 Å². The Balaban J connectivity index is 2.38. The van der Waals surface area contributed by atoms with Crippen molar-refractivity contribution in [3.05, 3.63) is 35.9 Å². The van der Waals surface area contributed by atoms with Gasteiger partial charge in [0.25, 0.3) is 0 Å². The summed E-state index contributed by atoms with van der Waals surface area (Å²) in [5.41, 5.74) is 1.46. The SMILES string of the molecule is CNCC(CCCSC)Cc1ccccc1. The minimum Gasteiger partial charge on any atom is -0.319 e. The van der Waals surface area contributed by atoms with E-state index in [4.69, 9.17) is 0 Å². The molecule has 1 aromatic rings. The third-order valence-electron chi connectivity index (χ3n) is 2.82. The first-order valence-electron chi connectivity index (χ1n) is 6.04. The highest BCUT2D eigenvalue weighted by Gasteiger charge is 2.08. The van der Waals surface area contributed by atoms with E-state index in [0.717, 1.165) is 12.5 Å². The van der Waals surface area contributed by atoms with Gasteiger partial charge < -0.3 is 5.32 Å². The highest BCUT2D eigenvalue weighted by atomic mass is 32.2. The molecule has 90 valence electrons. The van der Waals surface area contributed by atoms with Crippen molar-refractivity contribution in [2.24, 2.45) is 5.92 Å². The predicted molar refractivity (Wildman–Crippen MR) is 75.2 cm³/mol. The Morgan fingerprint density at radius 1 is 1.25 bits per heavy atom. The first kappa shape index (κ1) is 13.6. The highest BCUT2D eigenvalue weighted by Crippen LogP contribution is 2.14. The smallest absolute Gasteiger partial charge is 0.00203 e. The molecule has 0 aliphatic heterocycles. The van der Waals surface area contributed by atoms with Gasteiger partial charge in [0.05, 0.1) is 0 Å². The van der Waals surface area contributed by atoms with E-state index < -0.39 is 0 Å². The van der Waals surface area contributed by atoms with E-state index in [1.54, 1.807) is 0 Å². The van der Waals surface area contributed by atoms with Gasteiger partial charge in [-0.05, 0) is 56.3 Å². The highest BCUT2D eigenvalue weighted by molar-refractivity contribution is 7.98. The second kappa shape index (κ2) is 8.66. The minimum absolute atomic E-state index is 0.777. The van der Waals surface area contributed by atoms with E-state index in [1.807, 2.05) is 18.8 Å². The molecule has 0 saturated heterocycles. The first-order chi connectivity index (χ1) is 7.86. The lowest BCUT2D eigenvalue weighted by atomic mass is 9.95. The molecule has 0 spiro atoms. The summed E-state index contributed by atoms with van der Waals surface area (Å²) in [7, 11) is 2.05. The van der Waals surface area contributed by atoms with Gasteiger partial charge in [-0.1, -0.05) is 30.3 Å². The second-order valence-electron chi connectivity index (χ2n) is 4.25. The van der Waals surface area contributed by atoms with Crippen molar-refractivity contribution >= 4 is 11.8 Å². The molecule has 1 N–H and O–H groups in total. The van der Waals surface area contributed by atoms with Crippen LogP contribution in [0.25, 0.3) is 0 Å². The molecule has 0 aliphatic carbocycles. The molecule has 0 bridgehead atoms. The molecule has 2 heteroatoms. The molecule has 1 rings (SSSR count). The standard InChI is InChI=1S/C14H23NS/c1-15-12-14(9-6-10-16-2)11-13-7-4-3-5-8-13/h3-5,7-8,14-15H,6,9-12H2,1-2H3. The second-order valence-corrected chi connectivity index (χ2v) is 5.23. The van der Waals surface area contributed by atoms with Crippen molar-refractivity contribution < 1.29 is 0 Å². The van der Waals surface area contributed by atoms with Crippen LogP contribution in [0.1, 0.15) is 18.4 Å². The summed E-state index contributed by atoms with van der Waals surface area (Å²) in [6.07, 6.45) is 6.05. The van der Waals surface area contributed by atoms with Gasteiger partial charge in [0, 0.05) is 0 Å². The molecule has 16 heavy (non-hydrogen) atoms. The van der Waals surface area contributed by atoms with E-state index in [-0.39, 0.29) is 0 Å². The molecule has 0 saturated carbocycles. The molecule has 0 amide bonds. The first-order valence-corrected chi connectivity index (χ1v) is 7.43. The molecule has 1 unspecified atom stereocenters. The van der Waals surface area contributed by atoms with E-state index in [2.05, 4.69) is 41.9 Å². The van der Waals surface area contributed by atoms with Gasteiger partial charge in [-0.2, -0.15) is 11.8 Å². The number of hydrogen-bond acceptors (Lipinski definition) is 2. The molecular formula is C14H23NS. The van der Waals surface area contributed by atoms with Crippen LogP contribution in [0, 0.1) is 5.92 Å². The van der Waals surface area contributed by atoms with Gasteiger partial charge in [0.15, 0.2) is 0 Å². The molecule has 0 aromatic heterocycles. The number of nitrogens with one attached hydrogen (secondary N) is 1. The Morgan fingerprint density at radius 2 is 2.00 bits per heavy atom. The van der Waals surface area contributed by atoms with Crippen LogP contribution >= 0.6 is 11.8 Å². The lowest BCUT2D eigenvalue weighted by molar-refractivity contribution is 0.457. The summed E-state index contributed by atoms with van der Waals surface area (Å²) in [5.74, 6) is 2.06. The van der Waals surface area contributed by atoms with Crippen molar-refractivity contribution in [1.82, 2.24) is 5.32 Å². The Morgan fingerprint density at radius 3 is 2.62 bits per heavy atom. The quantitative estimate of drug-likeness (QED) is 0.697. The van der Waals surface area contributed by atoms with Crippen LogP contribution in [-0.2, 0) is 6.42 Å². The van der Waals surface area contributed by atoms with Crippen molar-refractivity contribution in [2.75, 3.05) is 25.6 Å². The van der Waals surface area contributed by atoms with Crippen LogP contribution in [0.5, 0.6) is 0 Å². The van der Waals surface area contributed by atoms with E-state index >= 15 is 0 Å². The van der Waals surface area contributed by atoms with Crippen LogP contribution in [0.15, 0.2) is 30.3 Å². The summed E-state index contributed by atoms with van der Waals surface area (Å²) >= 11 is 1.95. The zero-order valence-electron chi connectivity index (χ0n) is 10.4. The van der Waals surface area contributed by atoms with Crippen LogP contribution < -0.4 is 5.32 Å². The lowest BCUT2D eigenvalue weighted by Gasteiger charge is -2.16. The molecule has 0 fully saturated rings. The van der Waals surface area contributed by atoms with Crippen LogP contribution in [-0.4, -0.2) is 25.6 Å². The molecule has 0 heterocycles. The van der Waals surface area contributed by atoms with Gasteiger partial charge >= 0.3 is 0 Å².